The van der Waals surface area contributed by atoms with Gasteiger partial charge in [-0.1, -0.05) is 25.8 Å². The number of nitrogens with one attached hydrogen (secondary N) is 1. The van der Waals surface area contributed by atoms with E-state index in [-0.39, 0.29) is 0 Å². The predicted octanol–water partition coefficient (Wildman–Crippen LogP) is 2.91. The van der Waals surface area contributed by atoms with Crippen LogP contribution in [0.1, 0.15) is 31.9 Å². The normalized spacial score (nSPS) is 11.8. The number of rotatable bonds is 8. The van der Waals surface area contributed by atoms with Crippen molar-refractivity contribution in [2.75, 3.05) is 32.5 Å². The standard InChI is InChI=1S/C16H25N5/c1-4-5-6-7-8-14-13-18-16-10-9-15(19-21(14)16)17-11-12-20(2)3/h7-10,13H,4-6,11-12H2,1-3H3,(H,17,19)/b8-7+. The maximum atomic E-state index is 4.60. The Morgan fingerprint density at radius 1 is 1.33 bits per heavy atom. The Bertz CT molecular complexity index is 585. The maximum absolute atomic E-state index is 4.60. The molecule has 0 saturated heterocycles. The molecule has 5 heteroatoms. The van der Waals surface area contributed by atoms with Gasteiger partial charge >= 0.3 is 0 Å². The zero-order valence-corrected chi connectivity index (χ0v) is 13.2. The van der Waals surface area contributed by atoms with E-state index in [1.165, 1.54) is 12.8 Å². The highest BCUT2D eigenvalue weighted by molar-refractivity contribution is 5.53. The number of likely N-dealkylation sites (N-methyl/N-ethyl adjacent to an activating group) is 1. The summed E-state index contributed by atoms with van der Waals surface area (Å²) >= 11 is 0. The third kappa shape index (κ3) is 4.56. The molecule has 0 atom stereocenters. The smallest absolute Gasteiger partial charge is 0.154 e. The van der Waals surface area contributed by atoms with Crippen LogP contribution in [0.3, 0.4) is 0 Å². The number of hydrogen-bond acceptors (Lipinski definition) is 4. The van der Waals surface area contributed by atoms with Gasteiger partial charge in [0, 0.05) is 13.1 Å². The first-order chi connectivity index (χ1) is 10.2. The minimum atomic E-state index is 0.877. The van der Waals surface area contributed by atoms with Crippen molar-refractivity contribution in [2.24, 2.45) is 0 Å². The molecule has 2 rings (SSSR count). The van der Waals surface area contributed by atoms with Gasteiger partial charge in [-0.15, -0.1) is 5.10 Å². The second-order valence-electron chi connectivity index (χ2n) is 5.45. The highest BCUT2D eigenvalue weighted by atomic mass is 15.3. The van der Waals surface area contributed by atoms with Gasteiger partial charge in [-0.2, -0.15) is 0 Å². The van der Waals surface area contributed by atoms with Gasteiger partial charge in [0.05, 0.1) is 11.9 Å². The molecule has 21 heavy (non-hydrogen) atoms. The van der Waals surface area contributed by atoms with Crippen LogP contribution in [-0.2, 0) is 0 Å². The predicted molar refractivity (Wildman–Crippen MR) is 88.6 cm³/mol. The van der Waals surface area contributed by atoms with E-state index >= 15 is 0 Å². The maximum Gasteiger partial charge on any atom is 0.154 e. The summed E-state index contributed by atoms with van der Waals surface area (Å²) in [5.41, 5.74) is 1.90. The Kier molecular flexibility index (Phi) is 5.75. The van der Waals surface area contributed by atoms with Gasteiger partial charge in [-0.05, 0) is 38.7 Å². The molecule has 0 aromatic carbocycles. The van der Waals surface area contributed by atoms with E-state index < -0.39 is 0 Å². The highest BCUT2D eigenvalue weighted by Crippen LogP contribution is 2.11. The molecular formula is C16H25N5. The zero-order valence-electron chi connectivity index (χ0n) is 13.2. The van der Waals surface area contributed by atoms with Crippen LogP contribution in [0, 0.1) is 0 Å². The number of hydrogen-bond donors (Lipinski definition) is 1. The summed E-state index contributed by atoms with van der Waals surface area (Å²) in [6.07, 6.45) is 9.71. The molecule has 0 amide bonds. The largest absolute Gasteiger partial charge is 0.367 e. The first-order valence-corrected chi connectivity index (χ1v) is 7.60. The number of aromatic nitrogens is 3. The first-order valence-electron chi connectivity index (χ1n) is 7.60. The fraction of sp³-hybridized carbons (Fsp3) is 0.500. The fourth-order valence-corrected chi connectivity index (χ4v) is 2.03. The van der Waals surface area contributed by atoms with E-state index in [9.17, 15) is 0 Å². The van der Waals surface area contributed by atoms with E-state index in [1.807, 2.05) is 22.8 Å². The van der Waals surface area contributed by atoms with Crippen LogP contribution < -0.4 is 5.32 Å². The SMILES string of the molecule is CCCC/C=C/c1cnc2ccc(NCCN(C)C)nn12. The lowest BCUT2D eigenvalue weighted by Gasteiger charge is -2.10. The fourth-order valence-electron chi connectivity index (χ4n) is 2.03. The molecule has 0 bridgehead atoms. The van der Waals surface area contributed by atoms with E-state index in [0.717, 1.165) is 36.7 Å². The summed E-state index contributed by atoms with van der Waals surface area (Å²) < 4.78 is 1.89. The average molecular weight is 287 g/mol. The summed E-state index contributed by atoms with van der Waals surface area (Å²) in [5.74, 6) is 0.880. The van der Waals surface area contributed by atoms with Gasteiger partial charge in [-0.25, -0.2) is 9.50 Å². The molecule has 0 unspecified atom stereocenters. The Morgan fingerprint density at radius 3 is 2.95 bits per heavy atom. The van der Waals surface area contributed by atoms with Crippen LogP contribution in [0.4, 0.5) is 5.82 Å². The second-order valence-corrected chi connectivity index (χ2v) is 5.45. The topological polar surface area (TPSA) is 45.5 Å². The molecule has 2 aromatic rings. The van der Waals surface area contributed by atoms with Gasteiger partial charge in [0.15, 0.2) is 5.65 Å². The van der Waals surface area contributed by atoms with Crippen molar-refractivity contribution in [3.8, 4) is 0 Å². The highest BCUT2D eigenvalue weighted by Gasteiger charge is 2.03. The molecule has 1 N–H and O–H groups in total. The van der Waals surface area contributed by atoms with Gasteiger partial charge in [-0.3, -0.25) is 0 Å². The number of unbranched alkanes of at least 4 members (excludes halogenated alkanes) is 2. The molecule has 0 saturated carbocycles. The van der Waals surface area contributed by atoms with Gasteiger partial charge < -0.3 is 10.2 Å². The third-order valence-corrected chi connectivity index (χ3v) is 3.27. The minimum absolute atomic E-state index is 0.877. The number of allylic oxidation sites excluding steroid dienone is 1. The molecule has 0 fully saturated rings. The molecule has 0 radical (unpaired) electrons. The minimum Gasteiger partial charge on any atom is -0.367 e. The zero-order chi connectivity index (χ0) is 15.1. The first kappa shape index (κ1) is 15.5. The van der Waals surface area contributed by atoms with Gasteiger partial charge in [0.25, 0.3) is 0 Å². The summed E-state index contributed by atoms with van der Waals surface area (Å²) in [7, 11) is 4.13. The summed E-state index contributed by atoms with van der Waals surface area (Å²) in [4.78, 5) is 6.52. The third-order valence-electron chi connectivity index (χ3n) is 3.27. The lowest BCUT2D eigenvalue weighted by atomic mass is 10.2. The van der Waals surface area contributed by atoms with Crippen molar-refractivity contribution < 1.29 is 0 Å². The van der Waals surface area contributed by atoms with Crippen molar-refractivity contribution in [3.05, 3.63) is 30.1 Å². The molecule has 0 aliphatic carbocycles. The lowest BCUT2D eigenvalue weighted by molar-refractivity contribution is 0.425. The molecule has 0 aliphatic heterocycles. The molecule has 0 aliphatic rings. The molecular weight excluding hydrogens is 262 g/mol. The monoisotopic (exact) mass is 287 g/mol. The summed E-state index contributed by atoms with van der Waals surface area (Å²) in [5, 5.41) is 7.94. The summed E-state index contributed by atoms with van der Waals surface area (Å²) in [6, 6.07) is 3.97. The summed E-state index contributed by atoms with van der Waals surface area (Å²) in [6.45, 7) is 4.06. The van der Waals surface area contributed by atoms with Crippen LogP contribution in [0.5, 0.6) is 0 Å². The second kappa shape index (κ2) is 7.78. The number of fused-ring (bicyclic) bond motifs is 1. The average Bonchev–Trinajstić information content (AvgIpc) is 2.86. The van der Waals surface area contributed by atoms with E-state index in [1.54, 1.807) is 0 Å². The molecule has 2 heterocycles. The number of anilines is 1. The van der Waals surface area contributed by atoms with Crippen LogP contribution in [0.2, 0.25) is 0 Å². The van der Waals surface area contributed by atoms with Crippen LogP contribution >= 0.6 is 0 Å². The lowest BCUT2D eigenvalue weighted by Crippen LogP contribution is -2.21. The van der Waals surface area contributed by atoms with E-state index in [2.05, 4.69) is 53.5 Å². The van der Waals surface area contributed by atoms with Crippen molar-refractivity contribution >= 4 is 17.5 Å². The Morgan fingerprint density at radius 2 is 2.19 bits per heavy atom. The van der Waals surface area contributed by atoms with Crippen molar-refractivity contribution in [3.63, 3.8) is 0 Å². The van der Waals surface area contributed by atoms with Crippen molar-refractivity contribution in [2.45, 2.75) is 26.2 Å². The van der Waals surface area contributed by atoms with Gasteiger partial charge in [0.2, 0.25) is 0 Å². The Balaban J connectivity index is 2.07. The molecule has 114 valence electrons. The van der Waals surface area contributed by atoms with E-state index in [4.69, 9.17) is 0 Å². The Hall–Kier alpha value is -1.88. The van der Waals surface area contributed by atoms with Crippen LogP contribution in [-0.4, -0.2) is 46.7 Å². The number of nitrogens with zero attached hydrogens (tertiary/aromatic N) is 4. The van der Waals surface area contributed by atoms with Crippen LogP contribution in [0.25, 0.3) is 11.7 Å². The number of imidazole rings is 1. The molecule has 0 spiro atoms. The Labute approximate surface area is 126 Å². The molecule has 5 nitrogen and oxygen atoms in total. The van der Waals surface area contributed by atoms with E-state index in [0.29, 0.717) is 0 Å². The van der Waals surface area contributed by atoms with Crippen molar-refractivity contribution in [1.29, 1.82) is 0 Å². The molecule has 2 aromatic heterocycles. The van der Waals surface area contributed by atoms with Gasteiger partial charge in [0.1, 0.15) is 5.82 Å². The quantitative estimate of drug-likeness (QED) is 0.758. The van der Waals surface area contributed by atoms with Crippen molar-refractivity contribution in [1.82, 2.24) is 19.5 Å². The van der Waals surface area contributed by atoms with Crippen LogP contribution in [0.15, 0.2) is 24.4 Å².